The van der Waals surface area contributed by atoms with Crippen LogP contribution in [0.4, 0.5) is 0 Å². The second-order valence-corrected chi connectivity index (χ2v) is 36.8. The van der Waals surface area contributed by atoms with Gasteiger partial charge in [0.2, 0.25) is 0 Å². The predicted molar refractivity (Wildman–Crippen MR) is 334 cm³/mol. The van der Waals surface area contributed by atoms with Crippen molar-refractivity contribution in [3.05, 3.63) is 0 Å². The first-order valence-corrected chi connectivity index (χ1v) is 39.9. The smallest absolute Gasteiger partial charge is 0.308 e. The third-order valence-electron chi connectivity index (χ3n) is 30.5. The zero-order valence-electron chi connectivity index (χ0n) is 53.2. The molecule has 2 aliphatic heterocycles. The quantitative estimate of drug-likeness (QED) is 0.226. The van der Waals surface area contributed by atoms with Crippen molar-refractivity contribution in [1.29, 1.82) is 0 Å². The second kappa shape index (κ2) is 24.7. The summed E-state index contributed by atoms with van der Waals surface area (Å²) in [5, 5.41) is 0. The SMILES string of the molecule is CC1(C2CC3CCCCC3C3C2OP(OC2CCCCC2OP2OC4C(C5CCCCC5CC4C4(C)CCCCC4)C4C5CCCCC5C[C@@H](C5(C)CCCCC5)C4O2)OC2C3C3CCCCC3C[C@H]2C2(C)CCCCC2)CCCCC1. The van der Waals surface area contributed by atoms with Crippen LogP contribution in [0.5, 0.6) is 0 Å². The Morgan fingerprint density at radius 3 is 0.732 bits per heavy atom. The van der Waals surface area contributed by atoms with Gasteiger partial charge >= 0.3 is 17.2 Å². The molecule has 464 valence electrons. The summed E-state index contributed by atoms with van der Waals surface area (Å²) in [4.78, 5) is 0. The van der Waals surface area contributed by atoms with E-state index < -0.39 is 17.2 Å². The number of hydrogen-bond acceptors (Lipinski definition) is 6. The van der Waals surface area contributed by atoms with Gasteiger partial charge in [-0.25, -0.2) is 0 Å². The summed E-state index contributed by atoms with van der Waals surface area (Å²) in [7, 11) is -3.19. The molecule has 6 nitrogen and oxygen atoms in total. The van der Waals surface area contributed by atoms with Crippen LogP contribution < -0.4 is 0 Å². The van der Waals surface area contributed by atoms with Crippen LogP contribution in [0.1, 0.15) is 310 Å². The first kappa shape index (κ1) is 59.0. The fraction of sp³-hybridized carbons (Fsp3) is 1.00. The molecular formula is C74H122O6P2. The number of hydrogen-bond donors (Lipinski definition) is 0. The average molecular weight is 1170 g/mol. The minimum absolute atomic E-state index is 0.0506. The summed E-state index contributed by atoms with van der Waals surface area (Å²) in [6, 6.07) is 0. The van der Waals surface area contributed by atoms with Gasteiger partial charge in [-0.2, -0.15) is 0 Å². The van der Waals surface area contributed by atoms with E-state index in [-0.39, 0.29) is 36.6 Å². The van der Waals surface area contributed by atoms with Crippen molar-refractivity contribution in [1.82, 2.24) is 0 Å². The summed E-state index contributed by atoms with van der Waals surface area (Å²) >= 11 is 0. The van der Waals surface area contributed by atoms with Crippen molar-refractivity contribution in [3.8, 4) is 0 Å². The molecule has 13 saturated carbocycles. The molecule has 0 radical (unpaired) electrons. The van der Waals surface area contributed by atoms with E-state index in [0.29, 0.717) is 69.0 Å². The van der Waals surface area contributed by atoms with Gasteiger partial charge in [0.25, 0.3) is 0 Å². The molecule has 15 rings (SSSR count). The summed E-state index contributed by atoms with van der Waals surface area (Å²) in [6.45, 7) is 11.0. The van der Waals surface area contributed by atoms with Gasteiger partial charge in [-0.05, 0) is 232 Å². The third kappa shape index (κ3) is 11.0. The first-order chi connectivity index (χ1) is 40.1. The standard InChI is InChI=1S/C74H122O6P2/c1-71(37-19-5-20-38-71)57-45-49-27-9-13-31-53(49)63-64-54-32-14-10-28-50(54)46-58(72(2)39-21-6-22-40-72)68(64)78-81(77-67(57)63)75-61-35-17-18-36-62(61)76-82-79-69-59(73(3)41-23-7-24-42-73)47-51-29-11-15-33-55(51)65(69)66-56-34-16-12-30-52(56)48-60(70(66)80-82)74(4)43-25-8-26-44-74/h49-70H,5-48H2,1-4H3/t49?,50?,51?,52?,53?,54?,55?,56?,57-,58?,59-,60?,61?,62?,63?,64?,65?,66?,67?,68?,69?,70?,81?,82?/m1/s1. The zero-order valence-corrected chi connectivity index (χ0v) is 54.9. The fourth-order valence-electron chi connectivity index (χ4n) is 26.3. The largest absolute Gasteiger partial charge is 0.333 e. The van der Waals surface area contributed by atoms with Crippen LogP contribution in [-0.2, 0) is 27.1 Å². The molecule has 2 heterocycles. The van der Waals surface area contributed by atoms with Gasteiger partial charge in [0.15, 0.2) is 0 Å². The lowest BCUT2D eigenvalue weighted by atomic mass is 9.45. The second-order valence-electron chi connectivity index (χ2n) is 34.7. The Labute approximate surface area is 504 Å². The maximum absolute atomic E-state index is 8.23. The van der Waals surface area contributed by atoms with E-state index in [9.17, 15) is 0 Å². The molecule has 0 aromatic carbocycles. The maximum Gasteiger partial charge on any atom is 0.333 e. The molecule has 15 fully saturated rings. The van der Waals surface area contributed by atoms with E-state index in [1.165, 1.54) is 270 Å². The Hall–Kier alpha value is 0.620. The lowest BCUT2D eigenvalue weighted by molar-refractivity contribution is -0.157. The van der Waals surface area contributed by atoms with E-state index in [0.717, 1.165) is 60.2 Å². The Kier molecular flexibility index (Phi) is 17.7. The highest BCUT2D eigenvalue weighted by Gasteiger charge is 2.66. The van der Waals surface area contributed by atoms with Gasteiger partial charge in [0.1, 0.15) is 0 Å². The van der Waals surface area contributed by atoms with E-state index in [1.807, 2.05) is 0 Å². The van der Waals surface area contributed by atoms with Crippen LogP contribution in [0.3, 0.4) is 0 Å². The predicted octanol–water partition coefficient (Wildman–Crippen LogP) is 22.0. The Morgan fingerprint density at radius 1 is 0.268 bits per heavy atom. The van der Waals surface area contributed by atoms with Crippen molar-refractivity contribution in [3.63, 3.8) is 0 Å². The Balaban J connectivity index is 0.796. The van der Waals surface area contributed by atoms with Gasteiger partial charge in [0.05, 0.1) is 36.6 Å². The van der Waals surface area contributed by atoms with Gasteiger partial charge in [-0.1, -0.05) is 195 Å². The fourth-order valence-corrected chi connectivity index (χ4v) is 29.5. The van der Waals surface area contributed by atoms with Crippen molar-refractivity contribution >= 4 is 17.2 Å². The maximum atomic E-state index is 8.23. The minimum Gasteiger partial charge on any atom is -0.308 e. The Morgan fingerprint density at radius 2 is 0.488 bits per heavy atom. The molecule has 22 unspecified atom stereocenters. The van der Waals surface area contributed by atoms with Gasteiger partial charge in [-0.3, -0.25) is 0 Å². The molecule has 2 saturated heterocycles. The summed E-state index contributed by atoms with van der Waals surface area (Å²) in [5.74, 6) is 11.4. The summed E-state index contributed by atoms with van der Waals surface area (Å²) in [6.07, 6.45) is 61.9. The van der Waals surface area contributed by atoms with E-state index in [1.54, 1.807) is 0 Å². The van der Waals surface area contributed by atoms with Gasteiger partial charge in [0, 0.05) is 0 Å². The molecule has 15 aliphatic rings. The van der Waals surface area contributed by atoms with Gasteiger partial charge < -0.3 is 27.1 Å². The van der Waals surface area contributed by atoms with E-state index in [2.05, 4.69) is 27.7 Å². The molecule has 0 amide bonds. The first-order valence-electron chi connectivity index (χ1n) is 37.7. The lowest BCUT2D eigenvalue weighted by Crippen LogP contribution is -2.59. The average Bonchev–Trinajstić information content (AvgIpc) is 3.27. The highest BCUT2D eigenvalue weighted by molar-refractivity contribution is 7.42. The third-order valence-corrected chi connectivity index (χ3v) is 33.1. The van der Waals surface area contributed by atoms with Crippen LogP contribution in [0.2, 0.25) is 0 Å². The van der Waals surface area contributed by atoms with Crippen LogP contribution >= 0.6 is 17.2 Å². The van der Waals surface area contributed by atoms with Crippen molar-refractivity contribution in [2.24, 2.45) is 116 Å². The summed E-state index contributed by atoms with van der Waals surface area (Å²) in [5.41, 5.74) is 1.37. The Bertz CT molecular complexity index is 1830. The van der Waals surface area contributed by atoms with Crippen LogP contribution in [0.25, 0.3) is 0 Å². The normalized spacial score (nSPS) is 50.8. The molecule has 24 atom stereocenters. The lowest BCUT2D eigenvalue weighted by Gasteiger charge is -2.61. The number of rotatable bonds is 8. The van der Waals surface area contributed by atoms with Gasteiger partial charge in [-0.15, -0.1) is 0 Å². The molecular weight excluding hydrogens is 1050 g/mol. The van der Waals surface area contributed by atoms with Crippen molar-refractivity contribution in [2.75, 3.05) is 0 Å². The van der Waals surface area contributed by atoms with Crippen molar-refractivity contribution < 1.29 is 27.1 Å². The molecule has 13 aliphatic carbocycles. The molecule has 0 N–H and O–H groups in total. The number of fused-ring (bicyclic) bond motifs is 14. The molecule has 0 spiro atoms. The molecule has 8 heteroatoms. The van der Waals surface area contributed by atoms with Crippen LogP contribution in [0, 0.1) is 116 Å². The molecule has 0 aromatic heterocycles. The molecule has 82 heavy (non-hydrogen) atoms. The molecule has 0 aromatic rings. The topological polar surface area (TPSA) is 55.4 Å². The summed E-state index contributed by atoms with van der Waals surface area (Å²) < 4.78 is 49.0. The zero-order chi connectivity index (χ0) is 55.2. The van der Waals surface area contributed by atoms with Crippen molar-refractivity contribution in [2.45, 2.75) is 347 Å². The van der Waals surface area contributed by atoms with E-state index in [4.69, 9.17) is 27.1 Å². The monoisotopic (exact) mass is 1170 g/mol. The molecule has 0 bridgehead atoms. The van der Waals surface area contributed by atoms with Crippen LogP contribution in [0.15, 0.2) is 0 Å². The highest BCUT2D eigenvalue weighted by Crippen LogP contribution is 2.72. The highest BCUT2D eigenvalue weighted by atomic mass is 31.2. The minimum atomic E-state index is -1.60. The van der Waals surface area contributed by atoms with Crippen LogP contribution in [-0.4, -0.2) is 36.6 Å². The van der Waals surface area contributed by atoms with E-state index >= 15 is 0 Å².